The van der Waals surface area contributed by atoms with E-state index in [4.69, 9.17) is 14.0 Å². The highest BCUT2D eigenvalue weighted by Crippen LogP contribution is 2.17. The Kier molecular flexibility index (Phi) is 3.47. The van der Waals surface area contributed by atoms with Gasteiger partial charge in [-0.3, -0.25) is 0 Å². The number of carbonyl (C=O) groups is 1. The Bertz CT molecular complexity index is 544. The fourth-order valence-corrected chi connectivity index (χ4v) is 1.55. The van der Waals surface area contributed by atoms with E-state index in [0.29, 0.717) is 12.3 Å². The van der Waals surface area contributed by atoms with E-state index in [-0.39, 0.29) is 11.8 Å². The van der Waals surface area contributed by atoms with E-state index in [2.05, 4.69) is 10.5 Å². The van der Waals surface area contributed by atoms with E-state index < -0.39 is 5.97 Å². The van der Waals surface area contributed by atoms with Crippen molar-refractivity contribution in [3.8, 4) is 0 Å². The number of furan rings is 1. The molecule has 2 heterocycles. The molecular formula is C12H14N2O4. The number of aromatic carboxylic acids is 1. The minimum Gasteiger partial charge on any atom is -0.475 e. The molecule has 2 N–H and O–H groups in total. The average Bonchev–Trinajstić information content (AvgIpc) is 2.94. The topological polar surface area (TPSA) is 88.5 Å². The summed E-state index contributed by atoms with van der Waals surface area (Å²) in [7, 11) is 0. The maximum absolute atomic E-state index is 10.7. The van der Waals surface area contributed by atoms with Crippen LogP contribution in [-0.4, -0.2) is 16.2 Å². The molecule has 0 amide bonds. The summed E-state index contributed by atoms with van der Waals surface area (Å²) < 4.78 is 10.2. The van der Waals surface area contributed by atoms with Gasteiger partial charge in [-0.25, -0.2) is 4.79 Å². The van der Waals surface area contributed by atoms with Crippen molar-refractivity contribution in [2.75, 3.05) is 0 Å². The molecule has 2 aromatic heterocycles. The van der Waals surface area contributed by atoms with Gasteiger partial charge in [-0.2, -0.15) is 0 Å². The number of carboxylic acid groups (broad SMARTS) is 1. The molecule has 1 atom stereocenters. The zero-order valence-electron chi connectivity index (χ0n) is 10.1. The second-order valence-corrected chi connectivity index (χ2v) is 4.04. The largest absolute Gasteiger partial charge is 0.475 e. The summed E-state index contributed by atoms with van der Waals surface area (Å²) in [4.78, 5) is 10.7. The smallest absolute Gasteiger partial charge is 0.371 e. The standard InChI is InChI=1S/C12H14N2O4/c1-7-5-9(18-14-7)6-13-8(2)10-3-4-11(17-10)12(15)16/h3-5,8,13H,6H2,1-2H3,(H,15,16). The molecule has 0 aromatic carbocycles. The molecule has 0 aliphatic rings. The Hall–Kier alpha value is -2.08. The summed E-state index contributed by atoms with van der Waals surface area (Å²) in [6.07, 6.45) is 0. The lowest BCUT2D eigenvalue weighted by atomic mass is 10.2. The highest BCUT2D eigenvalue weighted by molar-refractivity contribution is 5.84. The van der Waals surface area contributed by atoms with Crippen LogP contribution in [0.3, 0.4) is 0 Å². The first-order valence-corrected chi connectivity index (χ1v) is 5.55. The van der Waals surface area contributed by atoms with Crippen molar-refractivity contribution in [2.45, 2.75) is 26.4 Å². The molecule has 0 saturated carbocycles. The number of aryl methyl sites for hydroxylation is 1. The van der Waals surface area contributed by atoms with Crippen molar-refractivity contribution in [2.24, 2.45) is 0 Å². The molecule has 6 nitrogen and oxygen atoms in total. The minimum absolute atomic E-state index is 0.0610. The Labute approximate surface area is 104 Å². The van der Waals surface area contributed by atoms with Crippen LogP contribution in [0.4, 0.5) is 0 Å². The van der Waals surface area contributed by atoms with Gasteiger partial charge in [-0.1, -0.05) is 5.16 Å². The Balaban J connectivity index is 1.94. The second-order valence-electron chi connectivity index (χ2n) is 4.04. The minimum atomic E-state index is -1.07. The van der Waals surface area contributed by atoms with Gasteiger partial charge >= 0.3 is 5.97 Å². The molecular weight excluding hydrogens is 236 g/mol. The zero-order chi connectivity index (χ0) is 13.1. The first-order valence-electron chi connectivity index (χ1n) is 5.55. The van der Waals surface area contributed by atoms with Crippen LogP contribution in [0.2, 0.25) is 0 Å². The molecule has 6 heteroatoms. The summed E-state index contributed by atoms with van der Waals surface area (Å²) >= 11 is 0. The third-order valence-electron chi connectivity index (χ3n) is 2.52. The van der Waals surface area contributed by atoms with Crippen LogP contribution in [0, 0.1) is 6.92 Å². The zero-order valence-corrected chi connectivity index (χ0v) is 10.1. The van der Waals surface area contributed by atoms with Gasteiger partial charge in [0.15, 0.2) is 5.76 Å². The summed E-state index contributed by atoms with van der Waals surface area (Å²) in [5.74, 6) is 0.168. The van der Waals surface area contributed by atoms with E-state index in [1.165, 1.54) is 6.07 Å². The molecule has 0 fully saturated rings. The molecule has 0 radical (unpaired) electrons. The van der Waals surface area contributed by atoms with Gasteiger partial charge in [-0.15, -0.1) is 0 Å². The van der Waals surface area contributed by atoms with Crippen LogP contribution in [0.1, 0.15) is 40.7 Å². The van der Waals surface area contributed by atoms with E-state index in [1.54, 1.807) is 6.07 Å². The molecule has 0 bridgehead atoms. The van der Waals surface area contributed by atoms with Crippen molar-refractivity contribution in [1.82, 2.24) is 10.5 Å². The van der Waals surface area contributed by atoms with E-state index in [0.717, 1.165) is 11.5 Å². The summed E-state index contributed by atoms with van der Waals surface area (Å²) in [5, 5.41) is 15.7. The number of aromatic nitrogens is 1. The lowest BCUT2D eigenvalue weighted by Gasteiger charge is -2.09. The molecule has 0 aliphatic heterocycles. The van der Waals surface area contributed by atoms with Crippen molar-refractivity contribution in [1.29, 1.82) is 0 Å². The second kappa shape index (κ2) is 5.05. The Morgan fingerprint density at radius 3 is 2.89 bits per heavy atom. The van der Waals surface area contributed by atoms with Crippen LogP contribution in [-0.2, 0) is 6.54 Å². The molecule has 2 rings (SSSR count). The van der Waals surface area contributed by atoms with Gasteiger partial charge in [0.2, 0.25) is 5.76 Å². The molecule has 96 valence electrons. The van der Waals surface area contributed by atoms with Gasteiger partial charge in [-0.05, 0) is 26.0 Å². The summed E-state index contributed by atoms with van der Waals surface area (Å²) in [6, 6.07) is 4.81. The van der Waals surface area contributed by atoms with E-state index in [9.17, 15) is 4.79 Å². The number of rotatable bonds is 5. The maximum Gasteiger partial charge on any atom is 0.371 e. The monoisotopic (exact) mass is 250 g/mol. The number of hydrogen-bond donors (Lipinski definition) is 2. The first kappa shape index (κ1) is 12.4. The van der Waals surface area contributed by atoms with Crippen molar-refractivity contribution in [3.63, 3.8) is 0 Å². The molecule has 1 unspecified atom stereocenters. The van der Waals surface area contributed by atoms with Crippen LogP contribution >= 0.6 is 0 Å². The molecule has 2 aromatic rings. The van der Waals surface area contributed by atoms with Gasteiger partial charge < -0.3 is 19.4 Å². The molecule has 0 spiro atoms. The highest BCUT2D eigenvalue weighted by atomic mass is 16.5. The fourth-order valence-electron chi connectivity index (χ4n) is 1.55. The van der Waals surface area contributed by atoms with Crippen LogP contribution in [0.5, 0.6) is 0 Å². The number of carboxylic acids is 1. The lowest BCUT2D eigenvalue weighted by molar-refractivity contribution is 0.0659. The Morgan fingerprint density at radius 2 is 2.33 bits per heavy atom. The van der Waals surface area contributed by atoms with Crippen molar-refractivity contribution < 1.29 is 18.8 Å². The van der Waals surface area contributed by atoms with Crippen LogP contribution < -0.4 is 5.32 Å². The highest BCUT2D eigenvalue weighted by Gasteiger charge is 2.14. The average molecular weight is 250 g/mol. The predicted octanol–water partition coefficient (Wildman–Crippen LogP) is 2.13. The summed E-state index contributed by atoms with van der Waals surface area (Å²) in [6.45, 7) is 4.24. The van der Waals surface area contributed by atoms with Gasteiger partial charge in [0.25, 0.3) is 0 Å². The van der Waals surface area contributed by atoms with E-state index in [1.807, 2.05) is 19.9 Å². The van der Waals surface area contributed by atoms with Crippen LogP contribution in [0.25, 0.3) is 0 Å². The maximum atomic E-state index is 10.7. The third kappa shape index (κ3) is 2.78. The first-order chi connectivity index (χ1) is 8.56. The van der Waals surface area contributed by atoms with Crippen molar-refractivity contribution in [3.05, 3.63) is 41.2 Å². The van der Waals surface area contributed by atoms with Gasteiger partial charge in [0.05, 0.1) is 18.3 Å². The van der Waals surface area contributed by atoms with Crippen molar-refractivity contribution >= 4 is 5.97 Å². The van der Waals surface area contributed by atoms with Gasteiger partial charge in [0, 0.05) is 6.07 Å². The molecule has 0 aliphatic carbocycles. The SMILES string of the molecule is Cc1cc(CNC(C)c2ccc(C(=O)O)o2)on1. The summed E-state index contributed by atoms with van der Waals surface area (Å²) in [5.41, 5.74) is 0.825. The van der Waals surface area contributed by atoms with Gasteiger partial charge in [0.1, 0.15) is 5.76 Å². The van der Waals surface area contributed by atoms with E-state index >= 15 is 0 Å². The number of nitrogens with zero attached hydrogens (tertiary/aromatic N) is 1. The molecule has 0 saturated heterocycles. The fraction of sp³-hybridized carbons (Fsp3) is 0.333. The number of nitrogens with one attached hydrogen (secondary N) is 1. The lowest BCUT2D eigenvalue weighted by Crippen LogP contribution is -2.17. The predicted molar refractivity (Wildman–Crippen MR) is 62.2 cm³/mol. The molecule has 18 heavy (non-hydrogen) atoms. The quantitative estimate of drug-likeness (QED) is 0.845. The normalized spacial score (nSPS) is 12.6. The Morgan fingerprint density at radius 1 is 1.56 bits per heavy atom. The third-order valence-corrected chi connectivity index (χ3v) is 2.52. The van der Waals surface area contributed by atoms with Crippen LogP contribution in [0.15, 0.2) is 27.1 Å². The number of hydrogen-bond acceptors (Lipinski definition) is 5.